The van der Waals surface area contributed by atoms with Crippen molar-refractivity contribution in [2.45, 2.75) is 6.92 Å². The zero-order valence-corrected chi connectivity index (χ0v) is 18.5. The molecular weight excluding hydrogens is 386 g/mol. The molecule has 31 heavy (non-hydrogen) atoms. The zero-order valence-electron chi connectivity index (χ0n) is 18.5. The van der Waals surface area contributed by atoms with Gasteiger partial charge in [-0.2, -0.15) is 0 Å². The van der Waals surface area contributed by atoms with E-state index in [1.807, 2.05) is 37.5 Å². The zero-order chi connectivity index (χ0) is 21.4. The number of fused-ring (bicyclic) bond motifs is 3. The number of nitrogens with zero attached hydrogens (tertiary/aromatic N) is 7. The summed E-state index contributed by atoms with van der Waals surface area (Å²) in [7, 11) is 4.26. The first-order chi connectivity index (χ1) is 15.1. The number of anilines is 1. The van der Waals surface area contributed by atoms with Crippen LogP contribution in [0.5, 0.6) is 0 Å². The maximum absolute atomic E-state index is 5.06. The van der Waals surface area contributed by atoms with E-state index in [0.29, 0.717) is 0 Å². The second-order valence-electron chi connectivity index (χ2n) is 8.48. The van der Waals surface area contributed by atoms with Crippen LogP contribution in [0.1, 0.15) is 5.82 Å². The van der Waals surface area contributed by atoms with Gasteiger partial charge in [-0.05, 0) is 45.3 Å². The number of hydrogen-bond acceptors (Lipinski definition) is 6. The van der Waals surface area contributed by atoms with E-state index in [0.717, 1.165) is 78.7 Å². The Morgan fingerprint density at radius 1 is 0.935 bits per heavy atom. The summed E-state index contributed by atoms with van der Waals surface area (Å²) in [5.41, 5.74) is 5.08. The third-order valence-electron chi connectivity index (χ3n) is 6.11. The normalized spacial score (nSPS) is 15.4. The van der Waals surface area contributed by atoms with Gasteiger partial charge < -0.3 is 9.80 Å². The smallest absolute Gasteiger partial charge is 0.138 e. The van der Waals surface area contributed by atoms with Crippen molar-refractivity contribution in [2.75, 3.05) is 58.3 Å². The standard InChI is InChI=1S/C24H29N7/c1-18-26-17-22-23(27-20-8-4-5-9-21(20)31(18)22)19-7-6-10-25-24(19)30-15-13-29(14-16-30)12-11-28(2)3/h4-10,17H,11-16H2,1-3H3. The molecule has 0 N–H and O–H groups in total. The molecule has 7 heteroatoms. The molecule has 0 radical (unpaired) electrons. The van der Waals surface area contributed by atoms with Crippen molar-refractivity contribution in [3.63, 3.8) is 0 Å². The van der Waals surface area contributed by atoms with E-state index in [1.54, 1.807) is 0 Å². The van der Waals surface area contributed by atoms with Gasteiger partial charge in [0.05, 0.1) is 22.7 Å². The molecule has 0 atom stereocenters. The molecule has 1 aliphatic heterocycles. The van der Waals surface area contributed by atoms with E-state index < -0.39 is 0 Å². The SMILES string of the molecule is Cc1ncc2c(-c3cccnc3N3CCN(CCN(C)C)CC3)nc3ccccc3n12. The van der Waals surface area contributed by atoms with Crippen molar-refractivity contribution < 1.29 is 0 Å². The summed E-state index contributed by atoms with van der Waals surface area (Å²) in [6, 6.07) is 12.4. The van der Waals surface area contributed by atoms with Crippen LogP contribution in [0.4, 0.5) is 5.82 Å². The van der Waals surface area contributed by atoms with Gasteiger partial charge in [0.25, 0.3) is 0 Å². The van der Waals surface area contributed by atoms with Crippen molar-refractivity contribution >= 4 is 22.4 Å². The molecule has 0 saturated carbocycles. The fourth-order valence-electron chi connectivity index (χ4n) is 4.40. The summed E-state index contributed by atoms with van der Waals surface area (Å²) in [5, 5.41) is 0. The molecule has 5 rings (SSSR count). The van der Waals surface area contributed by atoms with Gasteiger partial charge in [0.1, 0.15) is 17.3 Å². The van der Waals surface area contributed by atoms with Crippen LogP contribution in [0.15, 0.2) is 48.8 Å². The lowest BCUT2D eigenvalue weighted by atomic mass is 10.1. The minimum Gasteiger partial charge on any atom is -0.353 e. The number of imidazole rings is 1. The van der Waals surface area contributed by atoms with Gasteiger partial charge in [-0.15, -0.1) is 0 Å². The van der Waals surface area contributed by atoms with Crippen LogP contribution in [-0.4, -0.2) is 82.5 Å². The van der Waals surface area contributed by atoms with Gasteiger partial charge in [0.2, 0.25) is 0 Å². The van der Waals surface area contributed by atoms with E-state index in [9.17, 15) is 0 Å². The Morgan fingerprint density at radius 3 is 2.55 bits per heavy atom. The van der Waals surface area contributed by atoms with E-state index in [4.69, 9.17) is 9.97 Å². The van der Waals surface area contributed by atoms with Gasteiger partial charge in [0.15, 0.2) is 0 Å². The fraction of sp³-hybridized carbons (Fsp3) is 0.375. The first-order valence-corrected chi connectivity index (χ1v) is 10.9. The highest BCUT2D eigenvalue weighted by Gasteiger charge is 2.23. The lowest BCUT2D eigenvalue weighted by Crippen LogP contribution is -2.48. The molecule has 7 nitrogen and oxygen atoms in total. The predicted molar refractivity (Wildman–Crippen MR) is 126 cm³/mol. The van der Waals surface area contributed by atoms with Gasteiger partial charge in [-0.25, -0.2) is 15.0 Å². The van der Waals surface area contributed by atoms with Crippen LogP contribution in [0.2, 0.25) is 0 Å². The number of rotatable bonds is 5. The maximum Gasteiger partial charge on any atom is 0.138 e. The van der Waals surface area contributed by atoms with Crippen molar-refractivity contribution in [1.82, 2.24) is 29.2 Å². The summed E-state index contributed by atoms with van der Waals surface area (Å²) in [5.74, 6) is 1.98. The molecule has 1 saturated heterocycles. The molecule has 4 aromatic rings. The fourth-order valence-corrected chi connectivity index (χ4v) is 4.40. The lowest BCUT2D eigenvalue weighted by molar-refractivity contribution is 0.229. The van der Waals surface area contributed by atoms with Crippen molar-refractivity contribution in [3.05, 3.63) is 54.6 Å². The van der Waals surface area contributed by atoms with E-state index in [2.05, 4.69) is 56.4 Å². The molecular formula is C24H29N7. The molecule has 3 aromatic heterocycles. The third kappa shape index (κ3) is 3.75. The molecule has 1 aliphatic rings. The number of benzene rings is 1. The molecule has 1 aromatic carbocycles. The van der Waals surface area contributed by atoms with Crippen LogP contribution in [-0.2, 0) is 0 Å². The Hall–Kier alpha value is -3.03. The highest BCUT2D eigenvalue weighted by Crippen LogP contribution is 2.33. The monoisotopic (exact) mass is 415 g/mol. The average Bonchev–Trinajstić information content (AvgIpc) is 3.19. The maximum atomic E-state index is 5.06. The van der Waals surface area contributed by atoms with Crippen molar-refractivity contribution in [3.8, 4) is 11.3 Å². The van der Waals surface area contributed by atoms with E-state index in [-0.39, 0.29) is 0 Å². The number of hydrogen-bond donors (Lipinski definition) is 0. The van der Waals surface area contributed by atoms with Gasteiger partial charge in [0, 0.05) is 51.0 Å². The Bertz CT molecular complexity index is 1210. The van der Waals surface area contributed by atoms with E-state index in [1.165, 1.54) is 0 Å². The summed E-state index contributed by atoms with van der Waals surface area (Å²) >= 11 is 0. The molecule has 0 unspecified atom stereocenters. The molecule has 160 valence electrons. The van der Waals surface area contributed by atoms with Crippen molar-refractivity contribution in [1.29, 1.82) is 0 Å². The Balaban J connectivity index is 1.52. The van der Waals surface area contributed by atoms with Crippen LogP contribution in [0.25, 0.3) is 27.8 Å². The second kappa shape index (κ2) is 8.24. The number of aromatic nitrogens is 4. The van der Waals surface area contributed by atoms with Crippen LogP contribution in [0.3, 0.4) is 0 Å². The number of para-hydroxylation sites is 2. The number of pyridine rings is 1. The van der Waals surface area contributed by atoms with Crippen molar-refractivity contribution in [2.24, 2.45) is 0 Å². The number of piperazine rings is 1. The molecule has 0 aliphatic carbocycles. The summed E-state index contributed by atoms with van der Waals surface area (Å²) < 4.78 is 2.20. The molecule has 0 amide bonds. The number of likely N-dealkylation sites (N-methyl/N-ethyl adjacent to an activating group) is 1. The Labute approximate surface area is 183 Å². The van der Waals surface area contributed by atoms with Crippen LogP contribution in [0, 0.1) is 6.92 Å². The topological polar surface area (TPSA) is 52.8 Å². The summed E-state index contributed by atoms with van der Waals surface area (Å²) in [4.78, 5) is 21.6. The Morgan fingerprint density at radius 2 is 1.74 bits per heavy atom. The predicted octanol–water partition coefficient (Wildman–Crippen LogP) is 2.94. The molecule has 1 fully saturated rings. The first-order valence-electron chi connectivity index (χ1n) is 10.9. The quantitative estimate of drug-likeness (QED) is 0.500. The minimum absolute atomic E-state index is 0.942. The lowest BCUT2D eigenvalue weighted by Gasteiger charge is -2.36. The van der Waals surface area contributed by atoms with Gasteiger partial charge in [-0.3, -0.25) is 9.30 Å². The molecule has 0 bridgehead atoms. The van der Waals surface area contributed by atoms with Crippen LogP contribution >= 0.6 is 0 Å². The largest absolute Gasteiger partial charge is 0.353 e. The third-order valence-corrected chi connectivity index (χ3v) is 6.11. The molecule has 4 heterocycles. The van der Waals surface area contributed by atoms with Gasteiger partial charge in [-0.1, -0.05) is 12.1 Å². The molecule has 0 spiro atoms. The van der Waals surface area contributed by atoms with Gasteiger partial charge >= 0.3 is 0 Å². The average molecular weight is 416 g/mol. The highest BCUT2D eigenvalue weighted by atomic mass is 15.3. The van der Waals surface area contributed by atoms with Crippen LogP contribution < -0.4 is 4.90 Å². The van der Waals surface area contributed by atoms with E-state index >= 15 is 0 Å². The highest BCUT2D eigenvalue weighted by molar-refractivity contribution is 5.90. The summed E-state index contributed by atoms with van der Waals surface area (Å²) in [6.07, 6.45) is 3.82. The summed E-state index contributed by atoms with van der Waals surface area (Å²) in [6.45, 7) is 8.29. The second-order valence-corrected chi connectivity index (χ2v) is 8.48. The minimum atomic E-state index is 0.942. The Kier molecular flexibility index (Phi) is 5.29. The number of aryl methyl sites for hydroxylation is 1. The first kappa shape index (κ1) is 19.9.